The second-order valence-electron chi connectivity index (χ2n) is 8.11. The fourth-order valence-electron chi connectivity index (χ4n) is 4.78. The largest absolute Gasteiger partial charge is 0.352 e. The smallest absolute Gasteiger partial charge is 0.234 e. The van der Waals surface area contributed by atoms with Crippen molar-refractivity contribution >= 4 is 21.8 Å². The van der Waals surface area contributed by atoms with Crippen LogP contribution in [0.25, 0.3) is 0 Å². The normalized spacial score (nSPS) is 23.7. The van der Waals surface area contributed by atoms with E-state index in [9.17, 15) is 4.79 Å². The minimum Gasteiger partial charge on any atom is -0.352 e. The molecule has 0 aliphatic heterocycles. The molecule has 0 radical (unpaired) electrons. The van der Waals surface area contributed by atoms with Crippen molar-refractivity contribution in [3.05, 3.63) is 70.2 Å². The first kappa shape index (κ1) is 18.7. The molecule has 2 aliphatic carbocycles. The maximum Gasteiger partial charge on any atom is 0.234 e. The average Bonchev–Trinajstić information content (AvgIpc) is 3.25. The third kappa shape index (κ3) is 4.99. The summed E-state index contributed by atoms with van der Waals surface area (Å²) in [5, 5.41) is 3.33. The number of nitrogens with zero attached hydrogens (tertiary/aromatic N) is 1. The number of hydrogen-bond acceptors (Lipinski definition) is 2. The summed E-state index contributed by atoms with van der Waals surface area (Å²) < 4.78 is 1.08. The van der Waals surface area contributed by atoms with Gasteiger partial charge in [0.15, 0.2) is 0 Å². The molecule has 2 aliphatic rings. The summed E-state index contributed by atoms with van der Waals surface area (Å²) in [5.41, 5.74) is 2.45. The molecule has 0 aromatic heterocycles. The lowest BCUT2D eigenvalue weighted by Gasteiger charge is -2.26. The van der Waals surface area contributed by atoms with Gasteiger partial charge in [-0.3, -0.25) is 9.69 Å². The van der Waals surface area contributed by atoms with Crippen LogP contribution in [0.15, 0.2) is 59.1 Å². The number of benzene rings is 2. The highest BCUT2D eigenvalue weighted by atomic mass is 79.9. The molecular weight excluding hydrogens is 400 g/mol. The molecule has 0 saturated heterocycles. The Morgan fingerprint density at radius 2 is 1.78 bits per heavy atom. The Labute approximate surface area is 170 Å². The predicted octanol–water partition coefficient (Wildman–Crippen LogP) is 4.76. The fourth-order valence-corrected chi connectivity index (χ4v) is 5.23. The van der Waals surface area contributed by atoms with Crippen LogP contribution in [0.5, 0.6) is 0 Å². The Morgan fingerprint density at radius 3 is 2.48 bits per heavy atom. The molecule has 1 N–H and O–H groups in total. The van der Waals surface area contributed by atoms with E-state index in [0.29, 0.717) is 18.5 Å². The number of halogens is 1. The van der Waals surface area contributed by atoms with Crippen molar-refractivity contribution in [3.63, 3.8) is 0 Å². The summed E-state index contributed by atoms with van der Waals surface area (Å²) >= 11 is 3.55. The zero-order chi connectivity index (χ0) is 18.6. The first-order valence-corrected chi connectivity index (χ1v) is 10.7. The maximum atomic E-state index is 12.8. The van der Waals surface area contributed by atoms with Crippen LogP contribution in [0, 0.1) is 11.8 Å². The van der Waals surface area contributed by atoms with Crippen molar-refractivity contribution in [2.75, 3.05) is 6.54 Å². The van der Waals surface area contributed by atoms with Crippen molar-refractivity contribution in [3.8, 4) is 0 Å². The van der Waals surface area contributed by atoms with Crippen molar-refractivity contribution in [2.45, 2.75) is 44.8 Å². The quantitative estimate of drug-likeness (QED) is 0.692. The van der Waals surface area contributed by atoms with Crippen LogP contribution in [0.3, 0.4) is 0 Å². The van der Waals surface area contributed by atoms with Gasteiger partial charge in [-0.1, -0.05) is 64.8 Å². The molecule has 0 spiro atoms. The Balaban J connectivity index is 1.41. The Morgan fingerprint density at radius 1 is 1.00 bits per heavy atom. The van der Waals surface area contributed by atoms with Crippen molar-refractivity contribution in [2.24, 2.45) is 11.8 Å². The van der Waals surface area contributed by atoms with Gasteiger partial charge in [-0.25, -0.2) is 0 Å². The van der Waals surface area contributed by atoms with E-state index in [1.54, 1.807) is 0 Å². The zero-order valence-corrected chi connectivity index (χ0v) is 17.2. The molecule has 2 saturated carbocycles. The molecule has 27 heavy (non-hydrogen) atoms. The molecule has 2 bridgehead atoms. The summed E-state index contributed by atoms with van der Waals surface area (Å²) in [6.45, 7) is 1.98. The lowest BCUT2D eigenvalue weighted by molar-refractivity contribution is -0.123. The highest BCUT2D eigenvalue weighted by Crippen LogP contribution is 2.44. The van der Waals surface area contributed by atoms with Gasteiger partial charge in [0.2, 0.25) is 5.91 Å². The molecule has 3 nitrogen and oxygen atoms in total. The molecule has 2 aromatic rings. The molecule has 0 unspecified atom stereocenters. The zero-order valence-electron chi connectivity index (χ0n) is 15.6. The summed E-state index contributed by atoms with van der Waals surface area (Å²) in [4.78, 5) is 15.0. The van der Waals surface area contributed by atoms with E-state index >= 15 is 0 Å². The number of carbonyl (C=O) groups excluding carboxylic acids is 1. The van der Waals surface area contributed by atoms with Crippen molar-refractivity contribution in [1.29, 1.82) is 0 Å². The Kier molecular flexibility index (Phi) is 5.94. The maximum absolute atomic E-state index is 12.8. The second kappa shape index (κ2) is 8.57. The van der Waals surface area contributed by atoms with Gasteiger partial charge in [-0.2, -0.15) is 0 Å². The summed E-state index contributed by atoms with van der Waals surface area (Å²) in [6.07, 6.45) is 5.15. The van der Waals surface area contributed by atoms with Crippen LogP contribution in [0.4, 0.5) is 0 Å². The Hall–Kier alpha value is -1.65. The van der Waals surface area contributed by atoms with E-state index < -0.39 is 0 Å². The molecular formula is C23H27BrN2O. The summed E-state index contributed by atoms with van der Waals surface area (Å²) in [7, 11) is 0. The SMILES string of the molecule is O=C(CN(Cc1ccccc1)Cc1cccc(Br)c1)N[C@@H]1C[C@@H]2CC[C@H]1C2. The van der Waals surface area contributed by atoms with E-state index in [2.05, 4.69) is 68.6 Å². The number of rotatable bonds is 7. The van der Waals surface area contributed by atoms with E-state index in [1.807, 2.05) is 12.1 Å². The second-order valence-corrected chi connectivity index (χ2v) is 9.03. The summed E-state index contributed by atoms with van der Waals surface area (Å²) in [6, 6.07) is 19.1. The number of hydrogen-bond donors (Lipinski definition) is 1. The standard InChI is InChI=1S/C23H27BrN2O/c24-21-8-4-7-19(12-21)15-26(14-17-5-2-1-3-6-17)16-23(27)25-22-13-18-9-10-20(22)11-18/h1-8,12,18,20,22H,9-11,13-16H2,(H,25,27)/t18-,20+,22-/m1/s1. The van der Waals surface area contributed by atoms with Gasteiger partial charge in [0, 0.05) is 23.6 Å². The van der Waals surface area contributed by atoms with Gasteiger partial charge in [0.1, 0.15) is 0 Å². The van der Waals surface area contributed by atoms with Crippen LogP contribution >= 0.6 is 15.9 Å². The van der Waals surface area contributed by atoms with Gasteiger partial charge in [0.05, 0.1) is 6.54 Å². The molecule has 3 atom stereocenters. The third-order valence-electron chi connectivity index (χ3n) is 6.00. The number of fused-ring (bicyclic) bond motifs is 2. The average molecular weight is 427 g/mol. The topological polar surface area (TPSA) is 32.3 Å². The van der Waals surface area contributed by atoms with Crippen LogP contribution in [-0.2, 0) is 17.9 Å². The van der Waals surface area contributed by atoms with E-state index in [1.165, 1.54) is 36.8 Å². The van der Waals surface area contributed by atoms with Crippen molar-refractivity contribution < 1.29 is 4.79 Å². The van der Waals surface area contributed by atoms with Gasteiger partial charge in [-0.05, 0) is 54.4 Å². The van der Waals surface area contributed by atoms with Crippen LogP contribution in [-0.4, -0.2) is 23.4 Å². The molecule has 4 heteroatoms. The van der Waals surface area contributed by atoms with Gasteiger partial charge >= 0.3 is 0 Å². The van der Waals surface area contributed by atoms with Crippen LogP contribution < -0.4 is 5.32 Å². The van der Waals surface area contributed by atoms with E-state index in [-0.39, 0.29) is 5.91 Å². The van der Waals surface area contributed by atoms with Gasteiger partial charge in [-0.15, -0.1) is 0 Å². The first-order chi connectivity index (χ1) is 13.2. The number of amides is 1. The van der Waals surface area contributed by atoms with Gasteiger partial charge in [0.25, 0.3) is 0 Å². The number of nitrogens with one attached hydrogen (secondary N) is 1. The predicted molar refractivity (Wildman–Crippen MR) is 112 cm³/mol. The lowest BCUT2D eigenvalue weighted by Crippen LogP contribution is -2.43. The van der Waals surface area contributed by atoms with Gasteiger partial charge < -0.3 is 5.32 Å². The lowest BCUT2D eigenvalue weighted by atomic mass is 9.95. The Bertz CT molecular complexity index is 779. The minimum atomic E-state index is 0.165. The first-order valence-electron chi connectivity index (χ1n) is 9.96. The molecule has 1 amide bonds. The third-order valence-corrected chi connectivity index (χ3v) is 6.49. The monoisotopic (exact) mass is 426 g/mol. The summed E-state index contributed by atoms with van der Waals surface area (Å²) in [5.74, 6) is 1.73. The molecule has 0 heterocycles. The van der Waals surface area contributed by atoms with E-state index in [4.69, 9.17) is 0 Å². The fraction of sp³-hybridized carbons (Fsp3) is 0.435. The van der Waals surface area contributed by atoms with E-state index in [0.717, 1.165) is 23.5 Å². The highest BCUT2D eigenvalue weighted by Gasteiger charge is 2.40. The molecule has 2 fully saturated rings. The van der Waals surface area contributed by atoms with Crippen LogP contribution in [0.1, 0.15) is 36.8 Å². The molecule has 2 aromatic carbocycles. The molecule has 142 valence electrons. The van der Waals surface area contributed by atoms with Crippen molar-refractivity contribution in [1.82, 2.24) is 10.2 Å². The molecule has 4 rings (SSSR count). The minimum absolute atomic E-state index is 0.165. The van der Waals surface area contributed by atoms with Crippen LogP contribution in [0.2, 0.25) is 0 Å². The number of carbonyl (C=O) groups is 1. The highest BCUT2D eigenvalue weighted by molar-refractivity contribution is 9.10.